The number of nitro groups is 1. The van der Waals surface area contributed by atoms with Gasteiger partial charge in [0, 0.05) is 0 Å². The summed E-state index contributed by atoms with van der Waals surface area (Å²) in [7, 11) is 1.30. The monoisotopic (exact) mass is 253 g/mol. The van der Waals surface area contributed by atoms with Crippen LogP contribution in [0.4, 0.5) is 5.69 Å². The molecule has 96 valence electrons. The molecule has 7 nitrogen and oxygen atoms in total. The van der Waals surface area contributed by atoms with Gasteiger partial charge < -0.3 is 14.6 Å². The van der Waals surface area contributed by atoms with Crippen LogP contribution < -0.4 is 9.47 Å². The van der Waals surface area contributed by atoms with Gasteiger partial charge in [-0.1, -0.05) is 6.58 Å². The fourth-order valence-electron chi connectivity index (χ4n) is 1.23. The zero-order valence-electron chi connectivity index (χ0n) is 9.53. The molecule has 1 aromatic rings. The highest BCUT2D eigenvalue weighted by atomic mass is 16.6. The summed E-state index contributed by atoms with van der Waals surface area (Å²) in [6.45, 7) is 3.31. The molecular weight excluding hydrogens is 242 g/mol. The van der Waals surface area contributed by atoms with Crippen molar-refractivity contribution in [2.75, 3.05) is 7.11 Å². The van der Waals surface area contributed by atoms with Gasteiger partial charge >= 0.3 is 11.7 Å². The van der Waals surface area contributed by atoms with Crippen LogP contribution in [0.3, 0.4) is 0 Å². The molecule has 1 aromatic carbocycles. The van der Waals surface area contributed by atoms with E-state index in [2.05, 4.69) is 6.58 Å². The fraction of sp³-hybridized carbons (Fsp3) is 0.182. The maximum atomic E-state index is 10.8. The summed E-state index contributed by atoms with van der Waals surface area (Å²) in [6, 6.07) is 3.80. The zero-order valence-corrected chi connectivity index (χ0v) is 9.53. The summed E-state index contributed by atoms with van der Waals surface area (Å²) in [5.74, 6) is -1.11. The largest absolute Gasteiger partial charge is 0.490 e. The van der Waals surface area contributed by atoms with Crippen molar-refractivity contribution in [3.8, 4) is 11.5 Å². The standard InChI is InChI=1S/C11H11NO6/c1-3-9(11(13)14)18-7-4-5-10(17-2)8(6-7)12(15)16/h3-6,9H,1H2,2H3,(H,13,14). The van der Waals surface area contributed by atoms with Crippen molar-refractivity contribution < 1.29 is 24.3 Å². The highest BCUT2D eigenvalue weighted by molar-refractivity contribution is 5.75. The summed E-state index contributed by atoms with van der Waals surface area (Å²) >= 11 is 0. The van der Waals surface area contributed by atoms with Crippen molar-refractivity contribution >= 4 is 11.7 Å². The smallest absolute Gasteiger partial charge is 0.349 e. The third-order valence-electron chi connectivity index (χ3n) is 2.07. The quantitative estimate of drug-likeness (QED) is 0.470. The Balaban J connectivity index is 3.05. The molecule has 1 atom stereocenters. The van der Waals surface area contributed by atoms with E-state index in [0.29, 0.717) is 0 Å². The molecule has 0 aliphatic carbocycles. The minimum Gasteiger partial charge on any atom is -0.490 e. The van der Waals surface area contributed by atoms with Gasteiger partial charge in [0.05, 0.1) is 18.1 Å². The molecule has 0 radical (unpaired) electrons. The first-order valence-electron chi connectivity index (χ1n) is 4.84. The van der Waals surface area contributed by atoms with Gasteiger partial charge in [0.15, 0.2) is 5.75 Å². The number of aliphatic carboxylic acids is 1. The third kappa shape index (κ3) is 2.97. The van der Waals surface area contributed by atoms with Crippen LogP contribution in [-0.2, 0) is 4.79 Å². The Morgan fingerprint density at radius 2 is 2.28 bits per heavy atom. The highest BCUT2D eigenvalue weighted by Crippen LogP contribution is 2.31. The number of carboxylic acid groups (broad SMARTS) is 1. The van der Waals surface area contributed by atoms with Crippen LogP contribution in [0.1, 0.15) is 0 Å². The number of nitro benzene ring substituents is 1. The summed E-state index contributed by atoms with van der Waals surface area (Å²) in [5, 5.41) is 19.5. The van der Waals surface area contributed by atoms with Crippen molar-refractivity contribution in [2.24, 2.45) is 0 Å². The zero-order chi connectivity index (χ0) is 13.7. The van der Waals surface area contributed by atoms with Gasteiger partial charge in [-0.15, -0.1) is 0 Å². The molecule has 0 aliphatic rings. The molecule has 7 heteroatoms. The van der Waals surface area contributed by atoms with E-state index in [-0.39, 0.29) is 17.2 Å². The Bertz CT molecular complexity index is 484. The maximum absolute atomic E-state index is 10.8. The predicted octanol–water partition coefficient (Wildman–Crippen LogP) is 1.62. The molecule has 0 saturated carbocycles. The van der Waals surface area contributed by atoms with Gasteiger partial charge in [-0.05, 0) is 18.2 Å². The van der Waals surface area contributed by atoms with Crippen LogP contribution in [0, 0.1) is 10.1 Å². The van der Waals surface area contributed by atoms with Gasteiger partial charge in [0.1, 0.15) is 5.75 Å². The van der Waals surface area contributed by atoms with E-state index in [1.54, 1.807) is 0 Å². The Hall–Kier alpha value is -2.57. The average molecular weight is 253 g/mol. The van der Waals surface area contributed by atoms with Crippen LogP contribution in [0.15, 0.2) is 30.9 Å². The Kier molecular flexibility index (Phi) is 4.25. The number of carbonyl (C=O) groups is 1. The molecule has 1 rings (SSSR count). The van der Waals surface area contributed by atoms with Crippen LogP contribution in [0.25, 0.3) is 0 Å². The van der Waals surface area contributed by atoms with Crippen molar-refractivity contribution in [2.45, 2.75) is 6.10 Å². The van der Waals surface area contributed by atoms with Crippen LogP contribution in [0.5, 0.6) is 11.5 Å². The highest BCUT2D eigenvalue weighted by Gasteiger charge is 2.19. The minimum atomic E-state index is -1.27. The molecule has 0 spiro atoms. The van der Waals surface area contributed by atoms with Crippen LogP contribution in [-0.4, -0.2) is 29.2 Å². The Labute approximate surface area is 102 Å². The van der Waals surface area contributed by atoms with E-state index in [4.69, 9.17) is 14.6 Å². The molecule has 18 heavy (non-hydrogen) atoms. The number of hydrogen-bond acceptors (Lipinski definition) is 5. The Morgan fingerprint density at radius 3 is 2.72 bits per heavy atom. The molecule has 1 unspecified atom stereocenters. The first kappa shape index (κ1) is 13.5. The second-order valence-corrected chi connectivity index (χ2v) is 3.20. The van der Waals surface area contributed by atoms with Gasteiger partial charge in [-0.2, -0.15) is 0 Å². The molecule has 0 heterocycles. The van der Waals surface area contributed by atoms with Gasteiger partial charge in [0.25, 0.3) is 0 Å². The van der Waals surface area contributed by atoms with Crippen LogP contribution >= 0.6 is 0 Å². The summed E-state index contributed by atoms with van der Waals surface area (Å²) in [4.78, 5) is 20.8. The lowest BCUT2D eigenvalue weighted by Gasteiger charge is -2.11. The molecule has 0 saturated heterocycles. The SMILES string of the molecule is C=CC(Oc1ccc(OC)c([N+](=O)[O-])c1)C(=O)O. The number of hydrogen-bond donors (Lipinski definition) is 1. The van der Waals surface area contributed by atoms with Gasteiger partial charge in [0.2, 0.25) is 6.10 Å². The van der Waals surface area contributed by atoms with Crippen molar-refractivity contribution in [1.82, 2.24) is 0 Å². The molecule has 0 bridgehead atoms. The van der Waals surface area contributed by atoms with Crippen molar-refractivity contribution in [3.05, 3.63) is 41.0 Å². The topological polar surface area (TPSA) is 98.9 Å². The molecular formula is C11H11NO6. The van der Waals surface area contributed by atoms with Gasteiger partial charge in [-0.25, -0.2) is 4.79 Å². The molecule has 0 fully saturated rings. The van der Waals surface area contributed by atoms with Gasteiger partial charge in [-0.3, -0.25) is 10.1 Å². The number of carboxylic acids is 1. The molecule has 0 amide bonds. The van der Waals surface area contributed by atoms with Crippen molar-refractivity contribution in [1.29, 1.82) is 0 Å². The number of ether oxygens (including phenoxy) is 2. The average Bonchev–Trinajstić information content (AvgIpc) is 2.35. The van der Waals surface area contributed by atoms with E-state index in [0.717, 1.165) is 12.1 Å². The number of methoxy groups -OCH3 is 1. The van der Waals surface area contributed by atoms with Crippen molar-refractivity contribution in [3.63, 3.8) is 0 Å². The fourth-order valence-corrected chi connectivity index (χ4v) is 1.23. The third-order valence-corrected chi connectivity index (χ3v) is 2.07. The molecule has 0 aromatic heterocycles. The second-order valence-electron chi connectivity index (χ2n) is 3.20. The van der Waals surface area contributed by atoms with E-state index >= 15 is 0 Å². The Morgan fingerprint density at radius 1 is 1.61 bits per heavy atom. The van der Waals surface area contributed by atoms with E-state index < -0.39 is 17.0 Å². The maximum Gasteiger partial charge on any atom is 0.349 e. The van der Waals surface area contributed by atoms with E-state index in [9.17, 15) is 14.9 Å². The first-order chi connectivity index (χ1) is 8.49. The first-order valence-corrected chi connectivity index (χ1v) is 4.84. The molecule has 1 N–H and O–H groups in total. The number of nitrogens with zero attached hydrogens (tertiary/aromatic N) is 1. The molecule has 0 aliphatic heterocycles. The number of rotatable bonds is 6. The lowest BCUT2D eigenvalue weighted by molar-refractivity contribution is -0.385. The summed E-state index contributed by atoms with van der Waals surface area (Å²) < 4.78 is 9.84. The summed E-state index contributed by atoms with van der Waals surface area (Å²) in [5.41, 5.74) is -0.303. The van der Waals surface area contributed by atoms with E-state index in [1.807, 2.05) is 0 Å². The second kappa shape index (κ2) is 5.67. The summed E-state index contributed by atoms with van der Waals surface area (Å²) in [6.07, 6.45) is -0.184. The lowest BCUT2D eigenvalue weighted by Crippen LogP contribution is -2.24. The van der Waals surface area contributed by atoms with E-state index in [1.165, 1.54) is 19.2 Å². The normalized spacial score (nSPS) is 11.4. The number of benzene rings is 1. The predicted molar refractivity (Wildman–Crippen MR) is 61.9 cm³/mol. The lowest BCUT2D eigenvalue weighted by atomic mass is 10.2. The minimum absolute atomic E-state index is 0.0507. The van der Waals surface area contributed by atoms with Crippen LogP contribution in [0.2, 0.25) is 0 Å².